The van der Waals surface area contributed by atoms with Gasteiger partial charge in [0.15, 0.2) is 0 Å². The fourth-order valence-electron chi connectivity index (χ4n) is 3.04. The van der Waals surface area contributed by atoms with Gasteiger partial charge in [0, 0.05) is 4.91 Å². The standard InChI is InChI=1S/C21H23N2O3/c1-4-14-26-19-12-10-18(11-13-19)21-16(3)22(24)15(2)20(23(21)25)17-8-6-5-7-9-17/h5-13,24H,4,14H2,1-3H3/q+1. The number of aromatic nitrogens is 2. The van der Waals surface area contributed by atoms with Crippen LogP contribution in [0.15, 0.2) is 54.6 Å². The van der Waals surface area contributed by atoms with E-state index in [1.165, 1.54) is 0 Å². The monoisotopic (exact) mass is 351 g/mol. The van der Waals surface area contributed by atoms with E-state index in [0.29, 0.717) is 29.4 Å². The first-order valence-electron chi connectivity index (χ1n) is 8.71. The van der Waals surface area contributed by atoms with Crippen LogP contribution in [0.1, 0.15) is 24.7 Å². The van der Waals surface area contributed by atoms with Crippen molar-refractivity contribution < 1.29 is 14.4 Å². The average molecular weight is 351 g/mol. The van der Waals surface area contributed by atoms with E-state index in [9.17, 15) is 10.1 Å². The van der Waals surface area contributed by atoms with Crippen LogP contribution in [0.25, 0.3) is 22.5 Å². The van der Waals surface area contributed by atoms with E-state index >= 15 is 0 Å². The molecule has 1 heterocycles. The van der Waals surface area contributed by atoms with Crippen LogP contribution in [-0.2, 0) is 0 Å². The van der Waals surface area contributed by atoms with Gasteiger partial charge in [-0.05, 0) is 56.7 Å². The third-order valence-corrected chi connectivity index (χ3v) is 4.37. The number of benzene rings is 2. The predicted octanol–water partition coefficient (Wildman–Crippen LogP) is 4.38. The first-order chi connectivity index (χ1) is 12.5. The molecule has 0 fully saturated rings. The minimum absolute atomic E-state index is 0.416. The molecule has 0 unspecified atom stereocenters. The second kappa shape index (κ2) is 7.44. The molecule has 5 nitrogen and oxygen atoms in total. The number of hydrogen-bond donors (Lipinski definition) is 1. The molecule has 0 bridgehead atoms. The van der Waals surface area contributed by atoms with Crippen molar-refractivity contribution in [2.45, 2.75) is 27.2 Å². The highest BCUT2D eigenvalue weighted by Gasteiger charge is 2.28. The normalized spacial score (nSPS) is 10.7. The fourth-order valence-corrected chi connectivity index (χ4v) is 3.04. The Balaban J connectivity index is 2.16. The van der Waals surface area contributed by atoms with E-state index in [4.69, 9.17) is 4.74 Å². The van der Waals surface area contributed by atoms with Crippen LogP contribution in [0.2, 0.25) is 0 Å². The topological polar surface area (TPSA) is 57.4 Å². The van der Waals surface area contributed by atoms with Gasteiger partial charge in [-0.1, -0.05) is 25.1 Å². The predicted molar refractivity (Wildman–Crippen MR) is 101 cm³/mol. The maximum atomic E-state index is 13.2. The van der Waals surface area contributed by atoms with Crippen molar-refractivity contribution in [1.29, 1.82) is 0 Å². The van der Waals surface area contributed by atoms with Crippen LogP contribution < -0.4 is 9.16 Å². The summed E-state index contributed by atoms with van der Waals surface area (Å²) in [4.78, 5) is 13.2. The summed E-state index contributed by atoms with van der Waals surface area (Å²) in [6.07, 6.45) is 0.935. The molecule has 0 saturated heterocycles. The zero-order chi connectivity index (χ0) is 18.7. The maximum Gasteiger partial charge on any atom is 0.293 e. The van der Waals surface area contributed by atoms with Crippen LogP contribution in [0.4, 0.5) is 0 Å². The third-order valence-electron chi connectivity index (χ3n) is 4.37. The molecule has 3 rings (SSSR count). The Kier molecular flexibility index (Phi) is 5.07. The molecule has 2 aromatic carbocycles. The molecule has 0 aliphatic heterocycles. The number of rotatable bonds is 5. The van der Waals surface area contributed by atoms with E-state index in [1.807, 2.05) is 54.6 Å². The van der Waals surface area contributed by atoms with Gasteiger partial charge in [0.2, 0.25) is 0 Å². The second-order valence-electron chi connectivity index (χ2n) is 6.21. The molecular weight excluding hydrogens is 328 g/mol. The van der Waals surface area contributed by atoms with Crippen molar-refractivity contribution in [2.24, 2.45) is 0 Å². The Morgan fingerprint density at radius 3 is 2.00 bits per heavy atom. The summed E-state index contributed by atoms with van der Waals surface area (Å²) in [7, 11) is 0. The molecule has 0 saturated carbocycles. The van der Waals surface area contributed by atoms with E-state index < -0.39 is 0 Å². The van der Waals surface area contributed by atoms with Gasteiger partial charge in [-0.3, -0.25) is 0 Å². The summed E-state index contributed by atoms with van der Waals surface area (Å²) < 4.78 is 7.58. The summed E-state index contributed by atoms with van der Waals surface area (Å²) >= 11 is 0. The molecule has 1 aromatic heterocycles. The molecule has 0 amide bonds. The summed E-state index contributed by atoms with van der Waals surface area (Å²) in [5.74, 6) is 0.762. The van der Waals surface area contributed by atoms with Gasteiger partial charge in [0.05, 0.1) is 22.2 Å². The van der Waals surface area contributed by atoms with Crippen molar-refractivity contribution in [3.63, 3.8) is 0 Å². The lowest BCUT2D eigenvalue weighted by Crippen LogP contribution is -2.28. The number of hydrogen-bond acceptors (Lipinski definition) is 3. The van der Waals surface area contributed by atoms with Crippen LogP contribution in [0.5, 0.6) is 5.75 Å². The van der Waals surface area contributed by atoms with E-state index in [2.05, 4.69) is 6.92 Å². The van der Waals surface area contributed by atoms with Gasteiger partial charge in [-0.15, -0.1) is 0 Å². The summed E-state index contributed by atoms with van der Waals surface area (Å²) in [6, 6.07) is 16.7. The van der Waals surface area contributed by atoms with E-state index in [-0.39, 0.29) is 0 Å². The number of ether oxygens (including phenoxy) is 1. The molecule has 3 aromatic rings. The van der Waals surface area contributed by atoms with Crippen LogP contribution in [-0.4, -0.2) is 16.5 Å². The largest absolute Gasteiger partial charge is 0.494 e. The Morgan fingerprint density at radius 2 is 1.46 bits per heavy atom. The van der Waals surface area contributed by atoms with Crippen LogP contribution in [0.3, 0.4) is 0 Å². The summed E-state index contributed by atoms with van der Waals surface area (Å²) in [5.41, 5.74) is 3.31. The van der Waals surface area contributed by atoms with Gasteiger partial charge in [0.25, 0.3) is 11.4 Å². The second-order valence-corrected chi connectivity index (χ2v) is 6.21. The molecule has 26 heavy (non-hydrogen) atoms. The third kappa shape index (κ3) is 3.20. The zero-order valence-corrected chi connectivity index (χ0v) is 15.3. The van der Waals surface area contributed by atoms with Crippen molar-refractivity contribution in [1.82, 2.24) is 4.73 Å². The molecule has 0 radical (unpaired) electrons. The maximum absolute atomic E-state index is 13.2. The van der Waals surface area contributed by atoms with Crippen molar-refractivity contribution >= 4 is 0 Å². The van der Waals surface area contributed by atoms with Gasteiger partial charge < -0.3 is 9.94 Å². The average Bonchev–Trinajstić information content (AvgIpc) is 2.67. The van der Waals surface area contributed by atoms with Gasteiger partial charge in [0.1, 0.15) is 17.1 Å². The Labute approximate surface area is 152 Å². The lowest BCUT2D eigenvalue weighted by molar-refractivity contribution is -0.472. The van der Waals surface area contributed by atoms with Crippen molar-refractivity contribution in [3.8, 4) is 28.3 Å². The fraction of sp³-hybridized carbons (Fsp3) is 0.238. The minimum atomic E-state index is 0.416. The first kappa shape index (κ1) is 17.7. The summed E-state index contributed by atoms with van der Waals surface area (Å²) in [6.45, 7) is 6.16. The minimum Gasteiger partial charge on any atom is -0.494 e. The molecule has 1 N–H and O–H groups in total. The Bertz CT molecular complexity index is 961. The van der Waals surface area contributed by atoms with Gasteiger partial charge in [-0.2, -0.15) is 4.73 Å². The molecular formula is C21H23N2O3+. The van der Waals surface area contributed by atoms with Crippen molar-refractivity contribution in [2.75, 3.05) is 6.61 Å². The molecule has 0 atom stereocenters. The number of nitrogens with zero attached hydrogens (tertiary/aromatic N) is 2. The van der Waals surface area contributed by atoms with Crippen LogP contribution in [0, 0.1) is 18.8 Å². The van der Waals surface area contributed by atoms with Crippen molar-refractivity contribution in [3.05, 3.63) is 70.9 Å². The highest BCUT2D eigenvalue weighted by Crippen LogP contribution is 2.27. The zero-order valence-electron chi connectivity index (χ0n) is 15.3. The first-order valence-corrected chi connectivity index (χ1v) is 8.71. The van der Waals surface area contributed by atoms with E-state index in [0.717, 1.165) is 32.5 Å². The lowest BCUT2D eigenvalue weighted by atomic mass is 10.1. The SMILES string of the molecule is CCCOc1ccc(-c2c(C)n(O)c(C)c(-c3ccccc3)[n+]2=O)cc1. The molecule has 0 aliphatic carbocycles. The molecule has 0 aliphatic rings. The van der Waals surface area contributed by atoms with Gasteiger partial charge in [-0.25, -0.2) is 0 Å². The molecule has 0 spiro atoms. The van der Waals surface area contributed by atoms with E-state index in [1.54, 1.807) is 13.8 Å². The highest BCUT2D eigenvalue weighted by atomic mass is 16.5. The Hall–Kier alpha value is -3.08. The van der Waals surface area contributed by atoms with Crippen LogP contribution >= 0.6 is 0 Å². The lowest BCUT2D eigenvalue weighted by Gasteiger charge is -2.10. The summed E-state index contributed by atoms with van der Waals surface area (Å²) in [5, 5.41) is 10.5. The quantitative estimate of drug-likeness (QED) is 0.548. The molecule has 5 heteroatoms. The van der Waals surface area contributed by atoms with Gasteiger partial charge >= 0.3 is 0 Å². The highest BCUT2D eigenvalue weighted by molar-refractivity contribution is 5.64. The molecule has 134 valence electrons. The Morgan fingerprint density at radius 1 is 0.923 bits per heavy atom. The smallest absolute Gasteiger partial charge is 0.293 e.